The van der Waals surface area contributed by atoms with Crippen LogP contribution in [0.5, 0.6) is 0 Å². The lowest BCUT2D eigenvalue weighted by Crippen LogP contribution is -2.50. The summed E-state index contributed by atoms with van der Waals surface area (Å²) in [4.78, 5) is 15.6. The first kappa shape index (κ1) is 15.7. The van der Waals surface area contributed by atoms with Crippen molar-refractivity contribution in [3.05, 3.63) is 0 Å². The molecule has 2 aliphatic rings. The van der Waals surface area contributed by atoms with E-state index < -0.39 is 0 Å². The van der Waals surface area contributed by atoms with Crippen LogP contribution in [-0.4, -0.2) is 74.2 Å². The lowest BCUT2D eigenvalue weighted by atomic mass is 10.0. The zero-order chi connectivity index (χ0) is 14.5. The van der Waals surface area contributed by atoms with Gasteiger partial charge in [0, 0.05) is 45.9 Å². The van der Waals surface area contributed by atoms with Crippen molar-refractivity contribution in [1.29, 1.82) is 0 Å². The molecule has 1 amide bonds. The maximum absolute atomic E-state index is 11.7. The summed E-state index contributed by atoms with van der Waals surface area (Å²) in [5, 5.41) is 3.71. The molecular formula is C15H29N3O2. The van der Waals surface area contributed by atoms with Crippen LogP contribution in [0.25, 0.3) is 0 Å². The topological polar surface area (TPSA) is 44.8 Å². The minimum atomic E-state index is 0.198. The molecule has 2 unspecified atom stereocenters. The maximum atomic E-state index is 11.7. The van der Waals surface area contributed by atoms with Gasteiger partial charge in [-0.15, -0.1) is 0 Å². The average molecular weight is 283 g/mol. The van der Waals surface area contributed by atoms with Crippen LogP contribution in [0.1, 0.15) is 32.6 Å². The monoisotopic (exact) mass is 283 g/mol. The molecule has 0 aliphatic carbocycles. The Bertz CT molecular complexity index is 308. The Labute approximate surface area is 122 Å². The molecule has 2 atom stereocenters. The zero-order valence-electron chi connectivity index (χ0n) is 13.1. The molecule has 0 aromatic heterocycles. The third-order valence-corrected chi connectivity index (χ3v) is 4.47. The molecule has 0 aromatic carbocycles. The Morgan fingerprint density at radius 1 is 1.35 bits per heavy atom. The first-order chi connectivity index (χ1) is 9.56. The van der Waals surface area contributed by atoms with Crippen molar-refractivity contribution in [2.45, 2.75) is 50.8 Å². The molecule has 0 spiro atoms. The van der Waals surface area contributed by atoms with Crippen LogP contribution in [0.15, 0.2) is 0 Å². The van der Waals surface area contributed by atoms with Crippen LogP contribution in [0.3, 0.4) is 0 Å². The van der Waals surface area contributed by atoms with Crippen molar-refractivity contribution in [3.8, 4) is 0 Å². The number of carbonyl (C=O) groups is 1. The number of nitrogens with one attached hydrogen (secondary N) is 1. The Balaban J connectivity index is 1.67. The molecule has 0 bridgehead atoms. The number of hydrogen-bond donors (Lipinski definition) is 1. The van der Waals surface area contributed by atoms with Crippen LogP contribution in [0.2, 0.25) is 0 Å². The summed E-state index contributed by atoms with van der Waals surface area (Å²) in [7, 11) is 3.64. The Kier molecular flexibility index (Phi) is 5.81. The third-order valence-electron chi connectivity index (χ3n) is 4.47. The second-order valence-electron chi connectivity index (χ2n) is 6.35. The SMILES string of the molecule is CC(NC1CCN(CC(=O)N(C)C)CC1)C1CCCO1. The summed E-state index contributed by atoms with van der Waals surface area (Å²) in [6.07, 6.45) is 5.02. The predicted molar refractivity (Wildman–Crippen MR) is 79.7 cm³/mol. The van der Waals surface area contributed by atoms with E-state index in [-0.39, 0.29) is 5.91 Å². The molecule has 5 nitrogen and oxygen atoms in total. The molecule has 2 rings (SSSR count). The molecule has 20 heavy (non-hydrogen) atoms. The molecule has 2 saturated heterocycles. The van der Waals surface area contributed by atoms with E-state index >= 15 is 0 Å². The standard InChI is InChI=1S/C15H29N3O2/c1-12(14-5-4-10-20-14)16-13-6-8-18(9-7-13)11-15(19)17(2)3/h12-14,16H,4-11H2,1-3H3. The minimum Gasteiger partial charge on any atom is -0.377 e. The molecule has 2 aliphatic heterocycles. The summed E-state index contributed by atoms with van der Waals surface area (Å²) in [6.45, 7) is 5.73. The van der Waals surface area contributed by atoms with E-state index in [4.69, 9.17) is 4.74 Å². The van der Waals surface area contributed by atoms with Gasteiger partial charge >= 0.3 is 0 Å². The van der Waals surface area contributed by atoms with E-state index in [1.54, 1.807) is 4.90 Å². The van der Waals surface area contributed by atoms with E-state index in [9.17, 15) is 4.79 Å². The van der Waals surface area contributed by atoms with Crippen molar-refractivity contribution >= 4 is 5.91 Å². The van der Waals surface area contributed by atoms with Crippen molar-refractivity contribution < 1.29 is 9.53 Å². The second kappa shape index (κ2) is 7.38. The second-order valence-corrected chi connectivity index (χ2v) is 6.35. The van der Waals surface area contributed by atoms with Gasteiger partial charge in [0.05, 0.1) is 12.6 Å². The zero-order valence-corrected chi connectivity index (χ0v) is 13.1. The number of carbonyl (C=O) groups excluding carboxylic acids is 1. The van der Waals surface area contributed by atoms with Crippen LogP contribution in [0.4, 0.5) is 0 Å². The lowest BCUT2D eigenvalue weighted by molar-refractivity contribution is -0.130. The fraction of sp³-hybridized carbons (Fsp3) is 0.933. The highest BCUT2D eigenvalue weighted by Crippen LogP contribution is 2.18. The first-order valence-electron chi connectivity index (χ1n) is 7.86. The maximum Gasteiger partial charge on any atom is 0.236 e. The van der Waals surface area contributed by atoms with Gasteiger partial charge in [0.15, 0.2) is 0 Å². The highest BCUT2D eigenvalue weighted by Gasteiger charge is 2.27. The number of nitrogens with zero attached hydrogens (tertiary/aromatic N) is 2. The molecule has 116 valence electrons. The number of hydrogen-bond acceptors (Lipinski definition) is 4. The first-order valence-corrected chi connectivity index (χ1v) is 7.86. The van der Waals surface area contributed by atoms with Crippen molar-refractivity contribution in [2.24, 2.45) is 0 Å². The van der Waals surface area contributed by atoms with Crippen LogP contribution >= 0.6 is 0 Å². The fourth-order valence-electron chi connectivity index (χ4n) is 3.07. The quantitative estimate of drug-likeness (QED) is 0.806. The van der Waals surface area contributed by atoms with Gasteiger partial charge in [0.2, 0.25) is 5.91 Å². The van der Waals surface area contributed by atoms with Crippen molar-refractivity contribution in [1.82, 2.24) is 15.1 Å². The Hall–Kier alpha value is -0.650. The molecule has 1 N–H and O–H groups in total. The molecule has 0 radical (unpaired) electrons. The highest BCUT2D eigenvalue weighted by molar-refractivity contribution is 5.77. The van der Waals surface area contributed by atoms with Gasteiger partial charge < -0.3 is 15.0 Å². The predicted octanol–water partition coefficient (Wildman–Crippen LogP) is 0.696. The lowest BCUT2D eigenvalue weighted by Gasteiger charge is -2.35. The van der Waals surface area contributed by atoms with Gasteiger partial charge in [-0.25, -0.2) is 0 Å². The molecule has 5 heteroatoms. The van der Waals surface area contributed by atoms with Gasteiger partial charge in [0.25, 0.3) is 0 Å². The largest absolute Gasteiger partial charge is 0.377 e. The third kappa shape index (κ3) is 4.43. The summed E-state index contributed by atoms with van der Waals surface area (Å²) in [5.74, 6) is 0.198. The van der Waals surface area contributed by atoms with Gasteiger partial charge in [-0.3, -0.25) is 9.69 Å². The molecular weight excluding hydrogens is 254 g/mol. The number of amides is 1. The molecule has 2 heterocycles. The average Bonchev–Trinajstić information content (AvgIpc) is 2.95. The van der Waals surface area contributed by atoms with Gasteiger partial charge in [-0.05, 0) is 32.6 Å². The number of piperidine rings is 1. The van der Waals surface area contributed by atoms with Gasteiger partial charge in [-0.2, -0.15) is 0 Å². The minimum absolute atomic E-state index is 0.198. The smallest absolute Gasteiger partial charge is 0.236 e. The van der Waals surface area contributed by atoms with Crippen LogP contribution in [-0.2, 0) is 9.53 Å². The van der Waals surface area contributed by atoms with E-state index in [1.165, 1.54) is 12.8 Å². The van der Waals surface area contributed by atoms with Crippen LogP contribution in [0, 0.1) is 0 Å². The van der Waals surface area contributed by atoms with Crippen molar-refractivity contribution in [3.63, 3.8) is 0 Å². The summed E-state index contributed by atoms with van der Waals surface area (Å²) < 4.78 is 5.73. The number of rotatable bonds is 5. The highest BCUT2D eigenvalue weighted by atomic mass is 16.5. The summed E-state index contributed by atoms with van der Waals surface area (Å²) in [6, 6.07) is 1.01. The van der Waals surface area contributed by atoms with Crippen molar-refractivity contribution in [2.75, 3.05) is 40.3 Å². The van der Waals surface area contributed by atoms with E-state index in [0.717, 1.165) is 32.5 Å². The van der Waals surface area contributed by atoms with E-state index in [2.05, 4.69) is 17.1 Å². The summed E-state index contributed by atoms with van der Waals surface area (Å²) >= 11 is 0. The molecule has 2 fully saturated rings. The van der Waals surface area contributed by atoms with Crippen LogP contribution < -0.4 is 5.32 Å². The normalized spacial score (nSPS) is 26.6. The number of likely N-dealkylation sites (tertiary alicyclic amines) is 1. The Morgan fingerprint density at radius 3 is 2.60 bits per heavy atom. The molecule has 0 saturated carbocycles. The summed E-state index contributed by atoms with van der Waals surface area (Å²) in [5.41, 5.74) is 0. The number of ether oxygens (including phenoxy) is 1. The van der Waals surface area contributed by atoms with Gasteiger partial charge in [-0.1, -0.05) is 0 Å². The fourth-order valence-corrected chi connectivity index (χ4v) is 3.07. The van der Waals surface area contributed by atoms with E-state index in [0.29, 0.717) is 24.7 Å². The van der Waals surface area contributed by atoms with E-state index in [1.807, 2.05) is 14.1 Å². The Morgan fingerprint density at radius 2 is 2.05 bits per heavy atom. The molecule has 0 aromatic rings. The number of likely N-dealkylation sites (N-methyl/N-ethyl adjacent to an activating group) is 1. The van der Waals surface area contributed by atoms with Gasteiger partial charge in [0.1, 0.15) is 0 Å².